The van der Waals surface area contributed by atoms with Gasteiger partial charge in [0.25, 0.3) is 11.8 Å². The maximum absolute atomic E-state index is 13.1. The summed E-state index contributed by atoms with van der Waals surface area (Å²) in [5, 5.41) is 2.62. The number of nitrogens with zero attached hydrogens (tertiary/aromatic N) is 2. The first-order valence-electron chi connectivity index (χ1n) is 10.4. The minimum atomic E-state index is -0.801. The largest absolute Gasteiger partial charge is 0.363 e. The molecule has 2 heterocycles. The molecule has 0 saturated carbocycles. The molecule has 7 heteroatoms. The van der Waals surface area contributed by atoms with Crippen LogP contribution in [0.5, 0.6) is 0 Å². The van der Waals surface area contributed by atoms with Gasteiger partial charge in [-0.2, -0.15) is 0 Å². The molecule has 0 atom stereocenters. The molecule has 164 valence electrons. The van der Waals surface area contributed by atoms with E-state index >= 15 is 0 Å². The molecule has 2 aromatic carbocycles. The SMILES string of the molecule is CCN1c2ccc(/C=C3/C(=O)NC(=O)N(c4cccc(Cl)c4)C3=O)cc2C(C)=CC1(C)C. The van der Waals surface area contributed by atoms with Crippen LogP contribution in [0.3, 0.4) is 0 Å². The Labute approximate surface area is 192 Å². The van der Waals surface area contributed by atoms with Crippen LogP contribution in [0.25, 0.3) is 11.6 Å². The van der Waals surface area contributed by atoms with Crippen LogP contribution in [0.15, 0.2) is 54.1 Å². The molecular weight excluding hydrogens is 426 g/mol. The predicted octanol–water partition coefficient (Wildman–Crippen LogP) is 5.03. The normalized spacial score (nSPS) is 19.1. The second-order valence-corrected chi connectivity index (χ2v) is 8.88. The number of nitrogens with one attached hydrogen (secondary N) is 1. The van der Waals surface area contributed by atoms with Crippen LogP contribution in [0.4, 0.5) is 16.2 Å². The standard InChI is InChI=1S/C25H24ClN3O3/c1-5-28-21-10-9-16(11-19(21)15(2)14-25(28,3)4)12-20-22(30)27-24(32)29(23(20)31)18-8-6-7-17(26)13-18/h6-14H,5H2,1-4H3,(H,27,30,32)/b20-12-. The number of barbiturate groups is 1. The molecule has 6 nitrogen and oxygen atoms in total. The Morgan fingerprint density at radius 2 is 1.84 bits per heavy atom. The van der Waals surface area contributed by atoms with E-state index in [0.717, 1.165) is 28.3 Å². The Morgan fingerprint density at radius 1 is 1.09 bits per heavy atom. The first-order chi connectivity index (χ1) is 15.1. The summed E-state index contributed by atoms with van der Waals surface area (Å²) in [5.41, 5.74) is 4.05. The van der Waals surface area contributed by atoms with Crippen molar-refractivity contribution in [2.75, 3.05) is 16.3 Å². The van der Waals surface area contributed by atoms with Gasteiger partial charge in [-0.15, -0.1) is 0 Å². The lowest BCUT2D eigenvalue weighted by molar-refractivity contribution is -0.122. The summed E-state index contributed by atoms with van der Waals surface area (Å²) >= 11 is 6.02. The molecule has 1 fully saturated rings. The molecule has 32 heavy (non-hydrogen) atoms. The summed E-state index contributed by atoms with van der Waals surface area (Å²) in [6.45, 7) is 9.36. The lowest BCUT2D eigenvalue weighted by Crippen LogP contribution is -2.54. The van der Waals surface area contributed by atoms with Gasteiger partial charge in [0.1, 0.15) is 5.57 Å². The van der Waals surface area contributed by atoms with Crippen molar-refractivity contribution in [3.63, 3.8) is 0 Å². The molecule has 2 aromatic rings. The highest BCUT2D eigenvalue weighted by atomic mass is 35.5. The van der Waals surface area contributed by atoms with Gasteiger partial charge in [-0.25, -0.2) is 9.69 Å². The molecule has 1 saturated heterocycles. The quantitative estimate of drug-likeness (QED) is 0.527. The molecule has 1 N–H and O–H groups in total. The van der Waals surface area contributed by atoms with Crippen molar-refractivity contribution in [1.29, 1.82) is 0 Å². The topological polar surface area (TPSA) is 69.7 Å². The molecule has 0 spiro atoms. The van der Waals surface area contributed by atoms with Crippen molar-refractivity contribution in [3.05, 3.63) is 70.3 Å². The zero-order chi connectivity index (χ0) is 23.2. The zero-order valence-corrected chi connectivity index (χ0v) is 19.2. The Bertz CT molecular complexity index is 1210. The molecule has 0 radical (unpaired) electrons. The molecular formula is C25H24ClN3O3. The van der Waals surface area contributed by atoms with Crippen LogP contribution in [-0.4, -0.2) is 29.9 Å². The molecule has 0 bridgehead atoms. The number of amides is 4. The second-order valence-electron chi connectivity index (χ2n) is 8.44. The first-order valence-corrected chi connectivity index (χ1v) is 10.8. The number of hydrogen-bond donors (Lipinski definition) is 1. The first kappa shape index (κ1) is 21.8. The highest BCUT2D eigenvalue weighted by molar-refractivity contribution is 6.39. The van der Waals surface area contributed by atoms with E-state index < -0.39 is 17.8 Å². The number of rotatable bonds is 3. The molecule has 4 rings (SSSR count). The van der Waals surface area contributed by atoms with Crippen LogP contribution in [0.1, 0.15) is 38.8 Å². The monoisotopic (exact) mass is 449 g/mol. The molecule has 0 aliphatic carbocycles. The van der Waals surface area contributed by atoms with E-state index in [2.05, 4.69) is 44.0 Å². The number of halogens is 1. The molecule has 2 aliphatic rings. The molecule has 0 unspecified atom stereocenters. The maximum Gasteiger partial charge on any atom is 0.335 e. The van der Waals surface area contributed by atoms with Crippen LogP contribution >= 0.6 is 11.6 Å². The van der Waals surface area contributed by atoms with Crippen molar-refractivity contribution in [1.82, 2.24) is 5.32 Å². The van der Waals surface area contributed by atoms with Gasteiger partial charge in [-0.1, -0.05) is 29.8 Å². The number of likely N-dealkylation sites (N-methyl/N-ethyl adjacent to an activating group) is 1. The van der Waals surface area contributed by atoms with Crippen molar-refractivity contribution in [2.24, 2.45) is 0 Å². The third-order valence-electron chi connectivity index (χ3n) is 5.80. The summed E-state index contributed by atoms with van der Waals surface area (Å²) in [6, 6.07) is 11.4. The number of carbonyl (C=O) groups is 3. The maximum atomic E-state index is 13.1. The van der Waals surface area contributed by atoms with Gasteiger partial charge in [-0.05, 0) is 75.2 Å². The van der Waals surface area contributed by atoms with E-state index in [-0.39, 0.29) is 11.1 Å². The van der Waals surface area contributed by atoms with Crippen molar-refractivity contribution >= 4 is 52.5 Å². The molecule has 2 aliphatic heterocycles. The number of allylic oxidation sites excluding steroid dienone is 1. The number of fused-ring (bicyclic) bond motifs is 1. The fraction of sp³-hybridized carbons (Fsp3) is 0.240. The second kappa shape index (κ2) is 7.95. The van der Waals surface area contributed by atoms with E-state index in [0.29, 0.717) is 16.3 Å². The number of urea groups is 1. The summed E-state index contributed by atoms with van der Waals surface area (Å²) in [7, 11) is 0. The summed E-state index contributed by atoms with van der Waals surface area (Å²) in [4.78, 5) is 41.2. The minimum Gasteiger partial charge on any atom is -0.363 e. The third kappa shape index (κ3) is 3.71. The predicted molar refractivity (Wildman–Crippen MR) is 128 cm³/mol. The number of anilines is 2. The van der Waals surface area contributed by atoms with Crippen molar-refractivity contribution in [2.45, 2.75) is 33.2 Å². The Morgan fingerprint density at radius 3 is 2.53 bits per heavy atom. The average molecular weight is 450 g/mol. The number of carbonyl (C=O) groups excluding carboxylic acids is 3. The fourth-order valence-electron chi connectivity index (χ4n) is 4.44. The lowest BCUT2D eigenvalue weighted by Gasteiger charge is -2.42. The van der Waals surface area contributed by atoms with Gasteiger partial charge < -0.3 is 4.90 Å². The van der Waals surface area contributed by atoms with Gasteiger partial charge in [-0.3, -0.25) is 14.9 Å². The van der Waals surface area contributed by atoms with Gasteiger partial charge in [0.05, 0.1) is 11.2 Å². The van der Waals surface area contributed by atoms with Gasteiger partial charge in [0.2, 0.25) is 0 Å². The van der Waals surface area contributed by atoms with Crippen LogP contribution in [0, 0.1) is 0 Å². The van der Waals surface area contributed by atoms with Crippen LogP contribution < -0.4 is 15.1 Å². The van der Waals surface area contributed by atoms with Gasteiger partial charge in [0, 0.05) is 22.8 Å². The number of imide groups is 2. The number of benzene rings is 2. The Balaban J connectivity index is 1.75. The van der Waals surface area contributed by atoms with Crippen LogP contribution in [0.2, 0.25) is 5.02 Å². The fourth-order valence-corrected chi connectivity index (χ4v) is 4.63. The summed E-state index contributed by atoms with van der Waals surface area (Å²) in [5.74, 6) is -1.41. The highest BCUT2D eigenvalue weighted by Crippen LogP contribution is 2.39. The Kier molecular flexibility index (Phi) is 5.42. The molecule has 4 amide bonds. The van der Waals surface area contributed by atoms with Crippen LogP contribution in [-0.2, 0) is 9.59 Å². The zero-order valence-electron chi connectivity index (χ0n) is 18.4. The van der Waals surface area contributed by atoms with Crippen molar-refractivity contribution in [3.8, 4) is 0 Å². The van der Waals surface area contributed by atoms with Crippen molar-refractivity contribution < 1.29 is 14.4 Å². The number of hydrogen-bond acceptors (Lipinski definition) is 4. The lowest BCUT2D eigenvalue weighted by atomic mass is 9.88. The van der Waals surface area contributed by atoms with Gasteiger partial charge >= 0.3 is 6.03 Å². The average Bonchev–Trinajstić information content (AvgIpc) is 2.71. The van der Waals surface area contributed by atoms with E-state index in [1.807, 2.05) is 18.2 Å². The van der Waals surface area contributed by atoms with E-state index in [1.165, 1.54) is 12.1 Å². The molecule has 0 aromatic heterocycles. The van der Waals surface area contributed by atoms with E-state index in [4.69, 9.17) is 11.6 Å². The minimum absolute atomic E-state index is 0.108. The van der Waals surface area contributed by atoms with Gasteiger partial charge in [0.15, 0.2) is 0 Å². The van der Waals surface area contributed by atoms with E-state index in [1.54, 1.807) is 18.2 Å². The third-order valence-corrected chi connectivity index (χ3v) is 6.03. The summed E-state index contributed by atoms with van der Waals surface area (Å²) < 4.78 is 0. The Hall–Kier alpha value is -3.38. The highest BCUT2D eigenvalue weighted by Gasteiger charge is 2.37. The summed E-state index contributed by atoms with van der Waals surface area (Å²) in [6.07, 6.45) is 3.74. The van der Waals surface area contributed by atoms with E-state index in [9.17, 15) is 14.4 Å². The smallest absolute Gasteiger partial charge is 0.335 e.